The van der Waals surface area contributed by atoms with Crippen molar-refractivity contribution in [3.05, 3.63) is 125 Å². The number of carbonyl (C=O) groups excluding carboxylic acids is 2. The lowest BCUT2D eigenvalue weighted by Crippen LogP contribution is -2.15. The number of hydrogen-bond acceptors (Lipinski definition) is 7. The van der Waals surface area contributed by atoms with Crippen molar-refractivity contribution in [2.75, 3.05) is 12.3 Å². The number of nitrogens with one attached hydrogen (secondary N) is 2. The molecule has 0 saturated carbocycles. The molecule has 210 valence electrons. The molecule has 0 radical (unpaired) electrons. The number of aryl methyl sites for hydroxylation is 1. The van der Waals surface area contributed by atoms with Crippen molar-refractivity contribution in [3.8, 4) is 0 Å². The molecule has 0 aliphatic carbocycles. The van der Waals surface area contributed by atoms with Crippen molar-refractivity contribution in [2.45, 2.75) is 14.7 Å². The lowest BCUT2D eigenvalue weighted by Gasteiger charge is -2.08. The van der Waals surface area contributed by atoms with Gasteiger partial charge in [-0.25, -0.2) is 0 Å². The third kappa shape index (κ3) is 6.61. The number of fused-ring (bicyclic) bond motifs is 2. The van der Waals surface area contributed by atoms with Crippen molar-refractivity contribution < 1.29 is 9.59 Å². The lowest BCUT2D eigenvalue weighted by atomic mass is 10.1. The van der Waals surface area contributed by atoms with Crippen LogP contribution in [-0.2, 0) is 7.05 Å². The molecule has 0 saturated heterocycles. The van der Waals surface area contributed by atoms with Crippen LogP contribution in [0.5, 0.6) is 0 Å². The molecule has 0 fully saturated rings. The summed E-state index contributed by atoms with van der Waals surface area (Å²) in [5.41, 5.74) is 2.02. The van der Waals surface area contributed by atoms with Crippen molar-refractivity contribution in [1.29, 1.82) is 0 Å². The highest BCUT2D eigenvalue weighted by Gasteiger charge is 2.18. The normalized spacial score (nSPS) is 11.3. The summed E-state index contributed by atoms with van der Waals surface area (Å²) in [6, 6.07) is 32.2. The molecular formula is C33H27N3O2S4. The lowest BCUT2D eigenvalue weighted by molar-refractivity contribution is 0.0983. The summed E-state index contributed by atoms with van der Waals surface area (Å²) in [5.74, 6) is 0.758. The molecule has 42 heavy (non-hydrogen) atoms. The van der Waals surface area contributed by atoms with E-state index in [9.17, 15) is 9.59 Å². The van der Waals surface area contributed by atoms with Gasteiger partial charge in [0.2, 0.25) is 5.78 Å². The van der Waals surface area contributed by atoms with Gasteiger partial charge in [0.1, 0.15) is 0 Å². The molecule has 0 aliphatic rings. The van der Waals surface area contributed by atoms with Crippen LogP contribution in [0.3, 0.4) is 0 Å². The van der Waals surface area contributed by atoms with E-state index in [-0.39, 0.29) is 11.7 Å². The summed E-state index contributed by atoms with van der Waals surface area (Å²) >= 11 is 6.18. The first-order valence-electron chi connectivity index (χ1n) is 13.3. The van der Waals surface area contributed by atoms with E-state index in [0.717, 1.165) is 43.8 Å². The maximum Gasteiger partial charge on any atom is 0.261 e. The Morgan fingerprint density at radius 1 is 0.810 bits per heavy atom. The number of rotatable bonds is 11. The SMILES string of the molecule is Cn1cc(C(=O)c2cccs2)c2cc(C(=O)NSc3ccc4ccc(SNCCSc5ccccc5)cc4c3)ccc21. The van der Waals surface area contributed by atoms with Crippen LogP contribution in [0.4, 0.5) is 0 Å². The molecule has 0 spiro atoms. The monoisotopic (exact) mass is 625 g/mol. The van der Waals surface area contributed by atoms with Gasteiger partial charge in [0, 0.05) is 62.3 Å². The quantitative estimate of drug-likeness (QED) is 0.0652. The predicted octanol–water partition coefficient (Wildman–Crippen LogP) is 8.45. The molecule has 6 rings (SSSR count). The van der Waals surface area contributed by atoms with Gasteiger partial charge < -0.3 is 4.57 Å². The average molecular weight is 626 g/mol. The molecular weight excluding hydrogens is 599 g/mol. The molecule has 0 bridgehead atoms. The Labute approximate surface area is 261 Å². The zero-order chi connectivity index (χ0) is 28.9. The first kappa shape index (κ1) is 28.6. The first-order chi connectivity index (χ1) is 20.5. The summed E-state index contributed by atoms with van der Waals surface area (Å²) in [6.45, 7) is 0.892. The Morgan fingerprint density at radius 2 is 1.60 bits per heavy atom. The third-order valence-corrected chi connectivity index (χ3v) is 10.2. The molecule has 2 aromatic heterocycles. The van der Waals surface area contributed by atoms with Gasteiger partial charge in [0.15, 0.2) is 0 Å². The number of aromatic nitrogens is 1. The summed E-state index contributed by atoms with van der Waals surface area (Å²) in [5, 5.41) is 4.93. The van der Waals surface area contributed by atoms with E-state index in [4.69, 9.17) is 0 Å². The van der Waals surface area contributed by atoms with E-state index in [1.165, 1.54) is 28.2 Å². The van der Waals surface area contributed by atoms with Gasteiger partial charge in [-0.1, -0.05) is 36.4 Å². The van der Waals surface area contributed by atoms with Crippen molar-refractivity contribution in [3.63, 3.8) is 0 Å². The Morgan fingerprint density at radius 3 is 2.36 bits per heavy atom. The fourth-order valence-electron chi connectivity index (χ4n) is 4.61. The molecule has 2 N–H and O–H groups in total. The van der Waals surface area contributed by atoms with Crippen LogP contribution in [0.2, 0.25) is 0 Å². The zero-order valence-corrected chi connectivity index (χ0v) is 26.0. The fraction of sp³-hybridized carbons (Fsp3) is 0.0909. The van der Waals surface area contributed by atoms with E-state index < -0.39 is 0 Å². The van der Waals surface area contributed by atoms with Crippen LogP contribution in [0.15, 0.2) is 123 Å². The highest BCUT2D eigenvalue weighted by atomic mass is 32.2. The summed E-state index contributed by atoms with van der Waals surface area (Å²) in [7, 11) is 1.91. The Balaban J connectivity index is 1.09. The van der Waals surface area contributed by atoms with Crippen molar-refractivity contribution in [1.82, 2.24) is 14.0 Å². The topological polar surface area (TPSA) is 63.1 Å². The number of benzene rings is 4. The Hall–Kier alpha value is -3.47. The van der Waals surface area contributed by atoms with Crippen molar-refractivity contribution >= 4 is 80.4 Å². The number of carbonyl (C=O) groups is 2. The predicted molar refractivity (Wildman–Crippen MR) is 179 cm³/mol. The summed E-state index contributed by atoms with van der Waals surface area (Å²) in [4.78, 5) is 30.3. The van der Waals surface area contributed by atoms with E-state index >= 15 is 0 Å². The second-order valence-corrected chi connectivity index (χ2v) is 13.5. The summed E-state index contributed by atoms with van der Waals surface area (Å²) in [6.07, 6.45) is 1.84. The van der Waals surface area contributed by atoms with Gasteiger partial charge in [-0.15, -0.1) is 23.1 Å². The zero-order valence-electron chi connectivity index (χ0n) is 22.7. The number of hydrogen-bond donors (Lipinski definition) is 2. The van der Waals surface area contributed by atoms with Gasteiger partial charge in [-0.3, -0.25) is 19.0 Å². The molecule has 5 nitrogen and oxygen atoms in total. The molecule has 0 unspecified atom stereocenters. The second-order valence-electron chi connectivity index (χ2n) is 9.55. The van der Waals surface area contributed by atoms with E-state index in [0.29, 0.717) is 16.0 Å². The van der Waals surface area contributed by atoms with Gasteiger partial charge in [-0.05, 0) is 101 Å². The summed E-state index contributed by atoms with van der Waals surface area (Å²) < 4.78 is 8.35. The third-order valence-electron chi connectivity index (χ3n) is 6.69. The Bertz CT molecular complexity index is 1870. The number of amides is 1. The Kier molecular flexibility index (Phi) is 9.02. The van der Waals surface area contributed by atoms with E-state index in [1.807, 2.05) is 65.3 Å². The number of nitrogens with zero attached hydrogens (tertiary/aromatic N) is 1. The number of thiophene rings is 1. The van der Waals surface area contributed by atoms with Crippen molar-refractivity contribution in [2.24, 2.45) is 7.05 Å². The molecule has 4 aromatic carbocycles. The molecule has 0 aliphatic heterocycles. The first-order valence-corrected chi connectivity index (χ1v) is 16.8. The van der Waals surface area contributed by atoms with Crippen LogP contribution < -0.4 is 9.44 Å². The van der Waals surface area contributed by atoms with Gasteiger partial charge >= 0.3 is 0 Å². The molecule has 0 atom stereocenters. The van der Waals surface area contributed by atoms with Gasteiger partial charge in [-0.2, -0.15) is 0 Å². The minimum Gasteiger partial charge on any atom is -0.350 e. The average Bonchev–Trinajstić information content (AvgIpc) is 3.68. The standard InChI is InChI=1S/C33H27N3O2S4/c1-36-21-29(32(37)31-8-5-16-40-31)28-20-23(11-14-30(28)36)33(38)35-42-27-13-10-22-9-12-26(18-24(22)19-27)41-34-15-17-39-25-6-3-2-4-7-25/h2-14,16,18-21,34H,15,17H2,1H3,(H,35,38). The number of thioether (sulfide) groups is 1. The molecule has 6 aromatic rings. The number of ketones is 1. The van der Waals surface area contributed by atoms with Gasteiger partial charge in [0.05, 0.1) is 4.88 Å². The highest BCUT2D eigenvalue weighted by Crippen LogP contribution is 2.28. The largest absolute Gasteiger partial charge is 0.350 e. The molecule has 9 heteroatoms. The van der Waals surface area contributed by atoms with E-state index in [2.05, 4.69) is 64.0 Å². The molecule has 2 heterocycles. The molecule has 1 amide bonds. The minimum atomic E-state index is -0.206. The maximum atomic E-state index is 13.1. The van der Waals surface area contributed by atoms with Crippen LogP contribution in [0.1, 0.15) is 25.6 Å². The smallest absolute Gasteiger partial charge is 0.261 e. The van der Waals surface area contributed by atoms with E-state index in [1.54, 1.807) is 24.1 Å². The highest BCUT2D eigenvalue weighted by molar-refractivity contribution is 7.99. The fourth-order valence-corrected chi connectivity index (χ4v) is 7.55. The van der Waals surface area contributed by atoms with Crippen LogP contribution in [0, 0.1) is 0 Å². The maximum absolute atomic E-state index is 13.1. The second kappa shape index (κ2) is 13.2. The van der Waals surface area contributed by atoms with Crippen LogP contribution in [-0.4, -0.2) is 28.6 Å². The van der Waals surface area contributed by atoms with Crippen LogP contribution >= 0.6 is 47.0 Å². The van der Waals surface area contributed by atoms with Crippen LogP contribution in [0.25, 0.3) is 21.7 Å². The minimum absolute atomic E-state index is 0.0301. The van der Waals surface area contributed by atoms with Gasteiger partial charge in [0.25, 0.3) is 5.91 Å².